The van der Waals surface area contributed by atoms with Crippen LogP contribution >= 0.6 is 11.6 Å². The quantitative estimate of drug-likeness (QED) is 0.480. The largest absolute Gasteiger partial charge is 0.469 e. The summed E-state index contributed by atoms with van der Waals surface area (Å²) in [5.41, 5.74) is 0. The average molecular weight is 280 g/mol. The van der Waals surface area contributed by atoms with E-state index in [9.17, 15) is 14.4 Å². The van der Waals surface area contributed by atoms with E-state index in [0.717, 1.165) is 0 Å². The van der Waals surface area contributed by atoms with Gasteiger partial charge in [0.05, 0.1) is 20.6 Å². The Labute approximate surface area is 111 Å². The third-order valence-corrected chi connectivity index (χ3v) is 2.51. The zero-order chi connectivity index (χ0) is 14.0. The van der Waals surface area contributed by atoms with Gasteiger partial charge < -0.3 is 14.4 Å². The number of hydrogen-bond acceptors (Lipinski definition) is 5. The first-order chi connectivity index (χ1) is 8.54. The van der Waals surface area contributed by atoms with Gasteiger partial charge >= 0.3 is 11.9 Å². The highest BCUT2D eigenvalue weighted by Gasteiger charge is 2.18. The van der Waals surface area contributed by atoms with Crippen LogP contribution in [0.1, 0.15) is 19.3 Å². The van der Waals surface area contributed by atoms with Gasteiger partial charge in [-0.1, -0.05) is 0 Å². The van der Waals surface area contributed by atoms with Crippen molar-refractivity contribution in [1.29, 1.82) is 0 Å². The standard InChI is InChI=1S/C11H18ClNO5/c1-17-10(15)5-7-13(8-11(16)18-2)9(14)4-3-6-12/h3-8H2,1-2H3. The van der Waals surface area contributed by atoms with Crippen molar-refractivity contribution < 1.29 is 23.9 Å². The van der Waals surface area contributed by atoms with E-state index in [0.29, 0.717) is 12.3 Å². The Kier molecular flexibility index (Phi) is 9.00. The number of methoxy groups -OCH3 is 2. The van der Waals surface area contributed by atoms with Crippen LogP contribution in [0.25, 0.3) is 0 Å². The highest BCUT2D eigenvalue weighted by molar-refractivity contribution is 6.17. The van der Waals surface area contributed by atoms with Crippen LogP contribution in [-0.4, -0.2) is 55.9 Å². The molecule has 0 heterocycles. The van der Waals surface area contributed by atoms with Crippen LogP contribution in [0.2, 0.25) is 0 Å². The first kappa shape index (κ1) is 16.7. The van der Waals surface area contributed by atoms with E-state index in [4.69, 9.17) is 11.6 Å². The minimum absolute atomic E-state index is 0.0418. The predicted octanol–water partition coefficient (Wildman–Crippen LogP) is 0.570. The molecule has 6 nitrogen and oxygen atoms in total. The molecule has 0 unspecified atom stereocenters. The van der Waals surface area contributed by atoms with Crippen molar-refractivity contribution in [2.75, 3.05) is 33.2 Å². The van der Waals surface area contributed by atoms with Gasteiger partial charge in [-0.2, -0.15) is 0 Å². The fourth-order valence-electron chi connectivity index (χ4n) is 1.22. The summed E-state index contributed by atoms with van der Waals surface area (Å²) in [6.45, 7) is -0.0441. The van der Waals surface area contributed by atoms with Gasteiger partial charge in [0.15, 0.2) is 0 Å². The van der Waals surface area contributed by atoms with Crippen LogP contribution in [0.5, 0.6) is 0 Å². The number of halogens is 1. The molecule has 0 bridgehead atoms. The van der Waals surface area contributed by atoms with E-state index in [-0.39, 0.29) is 31.8 Å². The zero-order valence-corrected chi connectivity index (χ0v) is 11.4. The molecule has 0 radical (unpaired) electrons. The van der Waals surface area contributed by atoms with Crippen molar-refractivity contribution in [2.24, 2.45) is 0 Å². The molecular weight excluding hydrogens is 262 g/mol. The van der Waals surface area contributed by atoms with Crippen molar-refractivity contribution in [3.63, 3.8) is 0 Å². The lowest BCUT2D eigenvalue weighted by Gasteiger charge is -2.20. The van der Waals surface area contributed by atoms with Crippen LogP contribution in [0, 0.1) is 0 Å². The highest BCUT2D eigenvalue weighted by atomic mass is 35.5. The molecule has 0 aromatic rings. The molecule has 18 heavy (non-hydrogen) atoms. The van der Waals surface area contributed by atoms with E-state index in [1.807, 2.05) is 0 Å². The molecule has 0 spiro atoms. The molecule has 0 aromatic carbocycles. The summed E-state index contributed by atoms with van der Waals surface area (Å²) in [6, 6.07) is 0. The third kappa shape index (κ3) is 7.11. The second kappa shape index (κ2) is 9.70. The molecule has 0 rings (SSSR count). The normalized spacial score (nSPS) is 9.72. The van der Waals surface area contributed by atoms with Gasteiger partial charge in [-0.3, -0.25) is 14.4 Å². The van der Waals surface area contributed by atoms with Gasteiger partial charge in [0.2, 0.25) is 5.91 Å². The third-order valence-electron chi connectivity index (χ3n) is 2.24. The SMILES string of the molecule is COC(=O)CCN(CC(=O)OC)C(=O)CCCCl. The lowest BCUT2D eigenvalue weighted by molar-refractivity contribution is -0.148. The van der Waals surface area contributed by atoms with Crippen LogP contribution < -0.4 is 0 Å². The molecule has 1 amide bonds. The summed E-state index contributed by atoms with van der Waals surface area (Å²) in [7, 11) is 2.51. The van der Waals surface area contributed by atoms with E-state index in [2.05, 4.69) is 9.47 Å². The number of ether oxygens (including phenoxy) is 2. The van der Waals surface area contributed by atoms with Gasteiger partial charge in [-0.05, 0) is 6.42 Å². The van der Waals surface area contributed by atoms with Gasteiger partial charge in [0.25, 0.3) is 0 Å². The molecule has 0 aliphatic carbocycles. The second-order valence-electron chi connectivity index (χ2n) is 3.51. The van der Waals surface area contributed by atoms with Crippen LogP contribution in [0.15, 0.2) is 0 Å². The topological polar surface area (TPSA) is 72.9 Å². The molecular formula is C11H18ClNO5. The second-order valence-corrected chi connectivity index (χ2v) is 3.89. The van der Waals surface area contributed by atoms with Gasteiger partial charge in [0.1, 0.15) is 6.54 Å². The maximum Gasteiger partial charge on any atom is 0.325 e. The van der Waals surface area contributed by atoms with E-state index in [1.54, 1.807) is 0 Å². The molecule has 0 fully saturated rings. The van der Waals surface area contributed by atoms with Crippen molar-refractivity contribution in [3.05, 3.63) is 0 Å². The number of carbonyl (C=O) groups excluding carboxylic acids is 3. The van der Waals surface area contributed by atoms with Crippen LogP contribution in [-0.2, 0) is 23.9 Å². The Morgan fingerprint density at radius 1 is 1.06 bits per heavy atom. The Balaban J connectivity index is 4.36. The van der Waals surface area contributed by atoms with E-state index >= 15 is 0 Å². The lowest BCUT2D eigenvalue weighted by Crippen LogP contribution is -2.37. The fraction of sp³-hybridized carbons (Fsp3) is 0.727. The highest BCUT2D eigenvalue weighted by Crippen LogP contribution is 2.02. The van der Waals surface area contributed by atoms with Crippen LogP contribution in [0.4, 0.5) is 0 Å². The fourth-order valence-corrected chi connectivity index (χ4v) is 1.35. The average Bonchev–Trinajstić information content (AvgIpc) is 2.39. The number of alkyl halides is 1. The van der Waals surface area contributed by atoms with Crippen molar-refractivity contribution in [2.45, 2.75) is 19.3 Å². The van der Waals surface area contributed by atoms with Crippen LogP contribution in [0.3, 0.4) is 0 Å². The molecule has 0 aromatic heterocycles. The minimum Gasteiger partial charge on any atom is -0.469 e. The minimum atomic E-state index is -0.529. The summed E-state index contributed by atoms with van der Waals surface area (Å²) in [6.07, 6.45) is 0.804. The first-order valence-electron chi connectivity index (χ1n) is 5.52. The van der Waals surface area contributed by atoms with Gasteiger partial charge in [-0.15, -0.1) is 11.6 Å². The Morgan fingerprint density at radius 3 is 2.17 bits per heavy atom. The number of carbonyl (C=O) groups is 3. The summed E-state index contributed by atoms with van der Waals surface area (Å²) < 4.78 is 8.97. The van der Waals surface area contributed by atoms with E-state index < -0.39 is 11.9 Å². The maximum absolute atomic E-state index is 11.8. The molecule has 0 saturated heterocycles. The predicted molar refractivity (Wildman–Crippen MR) is 65.2 cm³/mol. The maximum atomic E-state index is 11.8. The zero-order valence-electron chi connectivity index (χ0n) is 10.6. The first-order valence-corrected chi connectivity index (χ1v) is 6.06. The summed E-state index contributed by atoms with van der Waals surface area (Å²) in [5.74, 6) is -0.825. The molecule has 0 atom stereocenters. The van der Waals surface area contributed by atoms with E-state index in [1.165, 1.54) is 19.1 Å². The van der Waals surface area contributed by atoms with Crippen molar-refractivity contribution in [3.8, 4) is 0 Å². The molecule has 0 aliphatic heterocycles. The number of amides is 1. The number of rotatable bonds is 8. The van der Waals surface area contributed by atoms with Gasteiger partial charge in [-0.25, -0.2) is 0 Å². The molecule has 104 valence electrons. The number of hydrogen-bond donors (Lipinski definition) is 0. The summed E-state index contributed by atoms with van der Waals surface area (Å²) >= 11 is 5.50. The smallest absolute Gasteiger partial charge is 0.325 e. The monoisotopic (exact) mass is 279 g/mol. The Morgan fingerprint density at radius 2 is 1.67 bits per heavy atom. The lowest BCUT2D eigenvalue weighted by atomic mass is 10.2. The number of esters is 2. The Bertz CT molecular complexity index is 295. The molecule has 0 saturated carbocycles. The molecule has 0 aliphatic rings. The Hall–Kier alpha value is -1.30. The van der Waals surface area contributed by atoms with Gasteiger partial charge in [0, 0.05) is 18.8 Å². The summed E-state index contributed by atoms with van der Waals surface area (Å²) in [5, 5.41) is 0. The molecule has 0 N–H and O–H groups in total. The summed E-state index contributed by atoms with van der Waals surface area (Å²) in [4.78, 5) is 35.2. The molecule has 7 heteroatoms. The van der Waals surface area contributed by atoms with Crippen molar-refractivity contribution in [1.82, 2.24) is 4.90 Å². The number of nitrogens with zero attached hydrogens (tertiary/aromatic N) is 1. The van der Waals surface area contributed by atoms with Crippen molar-refractivity contribution >= 4 is 29.4 Å².